The predicted octanol–water partition coefficient (Wildman–Crippen LogP) is 3.71. The first-order valence-corrected chi connectivity index (χ1v) is 9.01. The Labute approximate surface area is 156 Å². The van der Waals surface area contributed by atoms with Gasteiger partial charge in [0, 0.05) is 17.3 Å². The molecule has 27 heavy (non-hydrogen) atoms. The van der Waals surface area contributed by atoms with Gasteiger partial charge in [0.2, 0.25) is 5.91 Å². The van der Waals surface area contributed by atoms with Crippen LogP contribution in [0.2, 0.25) is 0 Å². The van der Waals surface area contributed by atoms with Crippen LogP contribution >= 0.6 is 0 Å². The quantitative estimate of drug-likeness (QED) is 0.610. The highest BCUT2D eigenvalue weighted by atomic mass is 16.2. The Morgan fingerprint density at radius 2 is 1.85 bits per heavy atom. The van der Waals surface area contributed by atoms with Gasteiger partial charge in [0.15, 0.2) is 0 Å². The van der Waals surface area contributed by atoms with Gasteiger partial charge >= 0.3 is 0 Å². The van der Waals surface area contributed by atoms with E-state index in [0.29, 0.717) is 19.5 Å². The molecule has 1 aliphatic rings. The van der Waals surface area contributed by atoms with Crippen molar-refractivity contribution in [3.05, 3.63) is 83.8 Å². The third-order valence-corrected chi connectivity index (χ3v) is 5.11. The lowest BCUT2D eigenvalue weighted by Crippen LogP contribution is -2.35. The Hall–Kier alpha value is -3.47. The second-order valence-electron chi connectivity index (χ2n) is 6.80. The molecule has 0 fully saturated rings. The van der Waals surface area contributed by atoms with Gasteiger partial charge in [-0.3, -0.25) is 14.9 Å². The summed E-state index contributed by atoms with van der Waals surface area (Å²) in [5, 5.41) is 10.1. The summed E-state index contributed by atoms with van der Waals surface area (Å²) >= 11 is 0. The molecule has 4 aromatic rings. The maximum atomic E-state index is 12.8. The molecular weight excluding hydrogens is 336 g/mol. The summed E-state index contributed by atoms with van der Waals surface area (Å²) in [6, 6.07) is 20.2. The van der Waals surface area contributed by atoms with Crippen molar-refractivity contribution in [2.24, 2.45) is 0 Å². The second-order valence-corrected chi connectivity index (χ2v) is 6.80. The molecule has 5 rings (SSSR count). The summed E-state index contributed by atoms with van der Waals surface area (Å²) < 4.78 is 0. The van der Waals surface area contributed by atoms with Crippen LogP contribution in [0.5, 0.6) is 0 Å². The zero-order valence-electron chi connectivity index (χ0n) is 14.7. The van der Waals surface area contributed by atoms with E-state index in [1.165, 1.54) is 5.39 Å². The van der Waals surface area contributed by atoms with Crippen molar-refractivity contribution >= 4 is 16.7 Å². The molecule has 2 aromatic carbocycles. The molecule has 3 heterocycles. The smallest absolute Gasteiger partial charge is 0.227 e. The van der Waals surface area contributed by atoms with E-state index in [4.69, 9.17) is 0 Å². The molecule has 2 aromatic heterocycles. The molecule has 0 saturated carbocycles. The summed E-state index contributed by atoms with van der Waals surface area (Å²) in [4.78, 5) is 18.9. The monoisotopic (exact) mass is 354 g/mol. The van der Waals surface area contributed by atoms with Crippen molar-refractivity contribution < 1.29 is 4.79 Å². The molecule has 0 unspecified atom stereocenters. The maximum Gasteiger partial charge on any atom is 0.227 e. The lowest BCUT2D eigenvalue weighted by molar-refractivity contribution is -0.132. The summed E-state index contributed by atoms with van der Waals surface area (Å²) in [6.07, 6.45) is 2.11. The van der Waals surface area contributed by atoms with E-state index >= 15 is 0 Å². The number of benzene rings is 2. The number of hydrogen-bond acceptors (Lipinski definition) is 3. The van der Waals surface area contributed by atoms with Gasteiger partial charge in [-0.2, -0.15) is 5.10 Å². The average molecular weight is 354 g/mol. The van der Waals surface area contributed by atoms with Crippen LogP contribution in [0.3, 0.4) is 0 Å². The number of carbonyl (C=O) groups is 1. The van der Waals surface area contributed by atoms with Crippen molar-refractivity contribution in [3.63, 3.8) is 0 Å². The summed E-state index contributed by atoms with van der Waals surface area (Å²) in [7, 11) is 0. The number of nitrogens with zero attached hydrogens (tertiary/aromatic N) is 3. The van der Waals surface area contributed by atoms with Crippen molar-refractivity contribution in [3.8, 4) is 11.3 Å². The molecule has 1 aliphatic heterocycles. The minimum atomic E-state index is 0.107. The lowest BCUT2D eigenvalue weighted by Gasteiger charge is -2.26. The molecule has 0 radical (unpaired) electrons. The number of H-pyrrole nitrogens is 1. The van der Waals surface area contributed by atoms with Crippen LogP contribution < -0.4 is 0 Å². The first-order valence-electron chi connectivity index (χ1n) is 9.01. The third kappa shape index (κ3) is 2.77. The van der Waals surface area contributed by atoms with E-state index in [9.17, 15) is 4.79 Å². The second kappa shape index (κ2) is 6.36. The molecule has 0 saturated heterocycles. The number of aromatic amines is 1. The van der Waals surface area contributed by atoms with E-state index in [1.807, 2.05) is 41.3 Å². The van der Waals surface area contributed by atoms with Crippen LogP contribution in [0, 0.1) is 0 Å². The molecule has 5 heteroatoms. The maximum absolute atomic E-state index is 12.8. The third-order valence-electron chi connectivity index (χ3n) is 5.11. The van der Waals surface area contributed by atoms with Gasteiger partial charge in [0.1, 0.15) is 0 Å². The summed E-state index contributed by atoms with van der Waals surface area (Å²) in [5.74, 6) is 0.107. The van der Waals surface area contributed by atoms with Crippen molar-refractivity contribution in [2.45, 2.75) is 19.5 Å². The normalized spacial score (nSPS) is 13.8. The highest BCUT2D eigenvalue weighted by molar-refractivity contribution is 5.97. The van der Waals surface area contributed by atoms with Gasteiger partial charge in [-0.15, -0.1) is 0 Å². The number of pyridine rings is 1. The molecule has 0 aliphatic carbocycles. The number of aromatic nitrogens is 3. The van der Waals surface area contributed by atoms with Gasteiger partial charge in [-0.05, 0) is 22.9 Å². The summed E-state index contributed by atoms with van der Waals surface area (Å²) in [5.41, 5.74) is 4.86. The zero-order chi connectivity index (χ0) is 18.2. The van der Waals surface area contributed by atoms with Crippen LogP contribution in [-0.2, 0) is 24.3 Å². The fraction of sp³-hybridized carbons (Fsp3) is 0.136. The average Bonchev–Trinajstić information content (AvgIpc) is 3.11. The van der Waals surface area contributed by atoms with E-state index in [-0.39, 0.29) is 5.91 Å². The number of rotatable bonds is 3. The number of fused-ring (bicyclic) bond motifs is 2. The number of carbonyl (C=O) groups excluding carboxylic acids is 1. The number of nitrogens with one attached hydrogen (secondary N) is 1. The van der Waals surface area contributed by atoms with E-state index in [2.05, 4.69) is 39.4 Å². The van der Waals surface area contributed by atoms with Crippen molar-refractivity contribution in [1.29, 1.82) is 0 Å². The standard InChI is InChI=1S/C22H18N4O/c27-21-12-19-20(14-26(21)13-16-8-3-4-11-23-16)24-25-22(19)18-10-5-7-15-6-1-2-9-17(15)18/h1-11H,12-14H2,(H,24,25). The Morgan fingerprint density at radius 3 is 2.74 bits per heavy atom. The Morgan fingerprint density at radius 1 is 1.00 bits per heavy atom. The molecule has 0 atom stereocenters. The predicted molar refractivity (Wildman–Crippen MR) is 104 cm³/mol. The minimum Gasteiger partial charge on any atom is -0.331 e. The van der Waals surface area contributed by atoms with Crippen molar-refractivity contribution in [2.75, 3.05) is 0 Å². The van der Waals surface area contributed by atoms with Crippen LogP contribution in [0.15, 0.2) is 66.9 Å². The Bertz CT molecular complexity index is 1130. The van der Waals surface area contributed by atoms with Crippen LogP contribution in [0.1, 0.15) is 17.0 Å². The van der Waals surface area contributed by atoms with Gasteiger partial charge < -0.3 is 4.90 Å². The highest BCUT2D eigenvalue weighted by Gasteiger charge is 2.28. The molecular formula is C22H18N4O. The van der Waals surface area contributed by atoms with Gasteiger partial charge in [0.25, 0.3) is 0 Å². The molecule has 5 nitrogen and oxygen atoms in total. The topological polar surface area (TPSA) is 61.9 Å². The lowest BCUT2D eigenvalue weighted by atomic mass is 9.96. The Kier molecular flexibility index (Phi) is 3.71. The van der Waals surface area contributed by atoms with E-state index in [1.54, 1.807) is 6.20 Å². The molecule has 1 amide bonds. The minimum absolute atomic E-state index is 0.107. The fourth-order valence-electron chi connectivity index (χ4n) is 3.75. The van der Waals surface area contributed by atoms with Gasteiger partial charge in [0.05, 0.1) is 36.6 Å². The first-order chi connectivity index (χ1) is 13.3. The first kappa shape index (κ1) is 15.8. The summed E-state index contributed by atoms with van der Waals surface area (Å²) in [6.45, 7) is 1.05. The number of hydrogen-bond donors (Lipinski definition) is 1. The molecule has 132 valence electrons. The SMILES string of the molecule is O=C1Cc2c(-c3cccc4ccccc34)n[nH]c2CN1Cc1ccccn1. The Balaban J connectivity index is 1.51. The largest absolute Gasteiger partial charge is 0.331 e. The van der Waals surface area contributed by atoms with E-state index in [0.717, 1.165) is 33.6 Å². The zero-order valence-corrected chi connectivity index (χ0v) is 14.7. The molecule has 0 bridgehead atoms. The van der Waals surface area contributed by atoms with Crippen molar-refractivity contribution in [1.82, 2.24) is 20.1 Å². The van der Waals surface area contributed by atoms with Crippen LogP contribution in [0.25, 0.3) is 22.0 Å². The number of amides is 1. The highest BCUT2D eigenvalue weighted by Crippen LogP contribution is 2.33. The van der Waals surface area contributed by atoms with E-state index < -0.39 is 0 Å². The fourth-order valence-corrected chi connectivity index (χ4v) is 3.75. The van der Waals surface area contributed by atoms with Gasteiger partial charge in [-0.1, -0.05) is 48.5 Å². The van der Waals surface area contributed by atoms with Crippen LogP contribution in [0.4, 0.5) is 0 Å². The molecule has 1 N–H and O–H groups in total. The van der Waals surface area contributed by atoms with Crippen LogP contribution in [-0.4, -0.2) is 26.0 Å². The van der Waals surface area contributed by atoms with Gasteiger partial charge in [-0.25, -0.2) is 0 Å². The molecule has 0 spiro atoms.